The summed E-state index contributed by atoms with van der Waals surface area (Å²) >= 11 is 5.91. The van der Waals surface area contributed by atoms with Crippen molar-refractivity contribution in [3.8, 4) is 28.5 Å². The molecule has 1 aliphatic rings. The number of nitrogens with one attached hydrogen (secondary N) is 1. The molecule has 2 N–H and O–H groups in total. The molecule has 1 aliphatic heterocycles. The van der Waals surface area contributed by atoms with Gasteiger partial charge in [0.15, 0.2) is 5.82 Å². The number of pyridine rings is 1. The van der Waals surface area contributed by atoms with Crippen LogP contribution in [0.2, 0.25) is 5.02 Å². The van der Waals surface area contributed by atoms with Gasteiger partial charge < -0.3 is 20.1 Å². The van der Waals surface area contributed by atoms with E-state index >= 15 is 0 Å². The molecular weight excluding hydrogens is 620 g/mol. The van der Waals surface area contributed by atoms with Gasteiger partial charge in [-0.15, -0.1) is 5.10 Å². The van der Waals surface area contributed by atoms with Gasteiger partial charge in [0.25, 0.3) is 0 Å². The van der Waals surface area contributed by atoms with E-state index in [9.17, 15) is 17.6 Å². The standard InChI is InChI=1S/C27H22ClFN8O.C2HF3O2/c28-19-1-6-25(31-16-19)26-32-17-37(35-26)22-4-2-21(3-5-22)33-27-30-8-7-24(34-27)18-13-20(29)15-23(14-18)36-9-11-38-12-10-36;3-2(4,5)1(6)7/h1-8,13-17H,9-12H2,(H,30,33,34);(H,6,7). The van der Waals surface area contributed by atoms with Crippen LogP contribution in [0.5, 0.6) is 0 Å². The van der Waals surface area contributed by atoms with Crippen LogP contribution < -0.4 is 10.2 Å². The third-order valence-electron chi connectivity index (χ3n) is 6.29. The molecule has 2 aromatic carbocycles. The van der Waals surface area contributed by atoms with Gasteiger partial charge in [-0.05, 0) is 60.7 Å². The van der Waals surface area contributed by atoms with Crippen LogP contribution in [0, 0.1) is 5.82 Å². The lowest BCUT2D eigenvalue weighted by Gasteiger charge is -2.29. The average molecular weight is 643 g/mol. The van der Waals surface area contributed by atoms with Crippen LogP contribution in [0.4, 0.5) is 34.9 Å². The number of nitrogens with zero attached hydrogens (tertiary/aromatic N) is 7. The van der Waals surface area contributed by atoms with Gasteiger partial charge in [0.05, 0.1) is 29.6 Å². The molecule has 0 saturated carbocycles. The van der Waals surface area contributed by atoms with E-state index in [4.69, 9.17) is 26.2 Å². The number of carboxylic acids is 1. The van der Waals surface area contributed by atoms with E-state index in [0.29, 0.717) is 47.0 Å². The quantitative estimate of drug-likeness (QED) is 0.219. The highest BCUT2D eigenvalue weighted by atomic mass is 35.5. The number of alkyl halides is 3. The van der Waals surface area contributed by atoms with Crippen molar-refractivity contribution < 1.29 is 32.2 Å². The van der Waals surface area contributed by atoms with Crippen molar-refractivity contribution in [2.24, 2.45) is 0 Å². The summed E-state index contributed by atoms with van der Waals surface area (Å²) in [6.07, 6.45) is -0.239. The maximum Gasteiger partial charge on any atom is 0.490 e. The number of hydrogen-bond acceptors (Lipinski definition) is 9. The number of rotatable bonds is 6. The van der Waals surface area contributed by atoms with Crippen molar-refractivity contribution in [3.63, 3.8) is 0 Å². The first kappa shape index (κ1) is 31.3. The van der Waals surface area contributed by atoms with E-state index < -0.39 is 12.1 Å². The summed E-state index contributed by atoms with van der Waals surface area (Å²) in [6.45, 7) is 2.71. The smallest absolute Gasteiger partial charge is 0.475 e. The number of aliphatic carboxylic acids is 1. The second kappa shape index (κ2) is 13.7. The zero-order valence-electron chi connectivity index (χ0n) is 23.1. The summed E-state index contributed by atoms with van der Waals surface area (Å²) in [5, 5.41) is 15.4. The second-order valence-corrected chi connectivity index (χ2v) is 9.85. The summed E-state index contributed by atoms with van der Waals surface area (Å²) in [4.78, 5) is 28.5. The van der Waals surface area contributed by atoms with Gasteiger partial charge in [0.1, 0.15) is 17.8 Å². The molecule has 11 nitrogen and oxygen atoms in total. The zero-order valence-corrected chi connectivity index (χ0v) is 23.9. The molecule has 0 aliphatic carbocycles. The molecule has 1 saturated heterocycles. The molecule has 45 heavy (non-hydrogen) atoms. The van der Waals surface area contributed by atoms with Gasteiger partial charge >= 0.3 is 12.1 Å². The fourth-order valence-corrected chi connectivity index (χ4v) is 4.26. The highest BCUT2D eigenvalue weighted by Gasteiger charge is 2.38. The van der Waals surface area contributed by atoms with Crippen LogP contribution in [0.15, 0.2) is 79.4 Å². The van der Waals surface area contributed by atoms with Gasteiger partial charge in [-0.25, -0.2) is 28.8 Å². The Morgan fingerprint density at radius 1 is 0.933 bits per heavy atom. The Kier molecular flexibility index (Phi) is 9.49. The van der Waals surface area contributed by atoms with Gasteiger partial charge in [0.2, 0.25) is 5.95 Å². The molecule has 0 radical (unpaired) electrons. The summed E-state index contributed by atoms with van der Waals surface area (Å²) < 4.78 is 53.3. The normalized spacial score (nSPS) is 13.1. The number of ether oxygens (including phenoxy) is 1. The molecule has 0 unspecified atom stereocenters. The van der Waals surface area contributed by atoms with Crippen LogP contribution in [0.1, 0.15) is 0 Å². The number of carboxylic acid groups (broad SMARTS) is 1. The van der Waals surface area contributed by atoms with E-state index in [0.717, 1.165) is 30.2 Å². The molecule has 0 amide bonds. The molecule has 232 valence electrons. The molecule has 0 atom stereocenters. The van der Waals surface area contributed by atoms with E-state index in [2.05, 4.69) is 35.3 Å². The minimum absolute atomic E-state index is 0.309. The Hall–Kier alpha value is -5.15. The van der Waals surface area contributed by atoms with E-state index in [1.807, 2.05) is 30.3 Å². The van der Waals surface area contributed by atoms with E-state index in [-0.39, 0.29) is 5.82 Å². The largest absolute Gasteiger partial charge is 0.490 e. The highest BCUT2D eigenvalue weighted by molar-refractivity contribution is 6.30. The Labute approximate surface area is 258 Å². The molecule has 6 rings (SSSR count). The number of hydrogen-bond donors (Lipinski definition) is 2. The molecule has 0 bridgehead atoms. The Morgan fingerprint density at radius 3 is 2.33 bits per heavy atom. The molecule has 3 aromatic heterocycles. The fourth-order valence-electron chi connectivity index (χ4n) is 4.15. The van der Waals surface area contributed by atoms with Crippen molar-refractivity contribution in [3.05, 3.63) is 90.2 Å². The average Bonchev–Trinajstić information content (AvgIpc) is 3.52. The van der Waals surface area contributed by atoms with Gasteiger partial charge in [-0.2, -0.15) is 13.2 Å². The summed E-state index contributed by atoms with van der Waals surface area (Å²) in [7, 11) is 0. The number of aromatic nitrogens is 6. The lowest BCUT2D eigenvalue weighted by molar-refractivity contribution is -0.192. The number of carbonyl (C=O) groups is 1. The van der Waals surface area contributed by atoms with Crippen LogP contribution in [0.3, 0.4) is 0 Å². The topological polar surface area (TPSA) is 131 Å². The van der Waals surface area contributed by atoms with Crippen LogP contribution in [0.25, 0.3) is 28.5 Å². The third-order valence-corrected chi connectivity index (χ3v) is 6.51. The van der Waals surface area contributed by atoms with Crippen molar-refractivity contribution in [2.75, 3.05) is 36.5 Å². The predicted molar refractivity (Wildman–Crippen MR) is 157 cm³/mol. The molecule has 5 aromatic rings. The number of halogens is 5. The summed E-state index contributed by atoms with van der Waals surface area (Å²) in [5.74, 6) is -2.16. The second-order valence-electron chi connectivity index (χ2n) is 9.41. The predicted octanol–water partition coefficient (Wildman–Crippen LogP) is 5.79. The van der Waals surface area contributed by atoms with Crippen LogP contribution in [-0.2, 0) is 9.53 Å². The summed E-state index contributed by atoms with van der Waals surface area (Å²) in [5.41, 5.74) is 4.38. The molecule has 0 spiro atoms. The number of morpholine rings is 1. The highest BCUT2D eigenvalue weighted by Crippen LogP contribution is 2.27. The maximum absolute atomic E-state index is 14.5. The van der Waals surface area contributed by atoms with E-state index in [1.54, 1.807) is 47.7 Å². The minimum Gasteiger partial charge on any atom is -0.475 e. The van der Waals surface area contributed by atoms with Crippen LogP contribution >= 0.6 is 11.6 Å². The van der Waals surface area contributed by atoms with Crippen molar-refractivity contribution in [2.45, 2.75) is 6.18 Å². The molecular formula is C29H23ClF4N8O3. The minimum atomic E-state index is -5.08. The Morgan fingerprint density at radius 2 is 1.67 bits per heavy atom. The first-order valence-electron chi connectivity index (χ1n) is 13.2. The summed E-state index contributed by atoms with van der Waals surface area (Å²) in [6, 6.07) is 17.9. The first-order valence-corrected chi connectivity index (χ1v) is 13.6. The van der Waals surface area contributed by atoms with Crippen LogP contribution in [-0.4, -0.2) is 73.3 Å². The number of benzene rings is 2. The van der Waals surface area contributed by atoms with Gasteiger partial charge in [-0.1, -0.05) is 11.6 Å². The SMILES string of the molecule is Fc1cc(-c2ccnc(Nc3ccc(-n4cnc(-c5ccc(Cl)cn5)n4)cc3)n2)cc(N2CCOCC2)c1.O=C(O)C(F)(F)F. The molecule has 1 fully saturated rings. The zero-order chi connectivity index (χ0) is 32.0. The van der Waals surface area contributed by atoms with Crippen molar-refractivity contribution in [1.82, 2.24) is 29.7 Å². The third kappa shape index (κ3) is 8.27. The molecule has 16 heteroatoms. The lowest BCUT2D eigenvalue weighted by atomic mass is 10.1. The van der Waals surface area contributed by atoms with Crippen molar-refractivity contribution >= 4 is 34.9 Å². The van der Waals surface area contributed by atoms with Gasteiger partial charge in [0, 0.05) is 42.4 Å². The lowest BCUT2D eigenvalue weighted by Crippen LogP contribution is -2.36. The molecule has 4 heterocycles. The van der Waals surface area contributed by atoms with E-state index in [1.165, 1.54) is 6.07 Å². The van der Waals surface area contributed by atoms with Gasteiger partial charge in [-0.3, -0.25) is 4.98 Å². The van der Waals surface area contributed by atoms with Crippen molar-refractivity contribution in [1.29, 1.82) is 0 Å². The Balaban J connectivity index is 0.000000515. The fraction of sp³-hybridized carbons (Fsp3) is 0.172. The maximum atomic E-state index is 14.5. The first-order chi connectivity index (χ1) is 21.5. The Bertz CT molecular complexity index is 1760. The monoisotopic (exact) mass is 642 g/mol. The number of anilines is 3.